The summed E-state index contributed by atoms with van der Waals surface area (Å²) in [6, 6.07) is 0. The molecule has 6 rings (SSSR count). The van der Waals surface area contributed by atoms with Gasteiger partial charge < -0.3 is 56.8 Å². The quantitative estimate of drug-likeness (QED) is 0.434. The van der Waals surface area contributed by atoms with E-state index in [1.54, 1.807) is 0 Å². The Morgan fingerprint density at radius 2 is 0.842 bits per heavy atom. The minimum atomic E-state index is -0.751. The van der Waals surface area contributed by atoms with Gasteiger partial charge in [-0.15, -0.1) is 0 Å². The molecule has 0 bridgehead atoms. The third-order valence-electron chi connectivity index (χ3n) is 7.54. The number of hydrogen-bond donors (Lipinski definition) is 0. The van der Waals surface area contributed by atoms with Gasteiger partial charge in [0.15, 0.2) is 35.7 Å². The second kappa shape index (κ2) is 9.53. The molecule has 6 saturated heterocycles. The fraction of sp³-hybridized carbons (Fsp3) is 1.00. The summed E-state index contributed by atoms with van der Waals surface area (Å²) >= 11 is 0. The Balaban J connectivity index is 1.04. The lowest BCUT2D eigenvalue weighted by Gasteiger charge is -2.27. The van der Waals surface area contributed by atoms with Gasteiger partial charge in [0.25, 0.3) is 0 Å². The zero-order chi connectivity index (χ0) is 27.1. The lowest BCUT2D eigenvalue weighted by atomic mass is 10.1. The predicted octanol–water partition coefficient (Wildman–Crippen LogP) is 1.81. The summed E-state index contributed by atoms with van der Waals surface area (Å²) in [6.45, 7) is 16.4. The van der Waals surface area contributed by atoms with E-state index in [4.69, 9.17) is 56.8 Å². The molecule has 0 N–H and O–H groups in total. The van der Waals surface area contributed by atoms with Gasteiger partial charge in [0.1, 0.15) is 48.8 Å². The molecule has 12 nitrogen and oxygen atoms in total. The number of fused-ring (bicyclic) bond motifs is 2. The molecule has 6 aliphatic heterocycles. The van der Waals surface area contributed by atoms with Crippen LogP contribution in [0.5, 0.6) is 0 Å². The van der Waals surface area contributed by atoms with Crippen LogP contribution in [-0.2, 0) is 56.8 Å². The highest BCUT2D eigenvalue weighted by Gasteiger charge is 2.61. The average Bonchev–Trinajstić information content (AvgIpc) is 3.59. The van der Waals surface area contributed by atoms with E-state index in [1.807, 2.05) is 55.4 Å². The smallest absolute Gasteiger partial charge is 0.187 e. The Hall–Kier alpha value is -0.480. The largest absolute Gasteiger partial charge is 0.348 e. The number of hydrogen-bond acceptors (Lipinski definition) is 12. The first-order valence-corrected chi connectivity index (χ1v) is 13.6. The van der Waals surface area contributed by atoms with Gasteiger partial charge in [-0.05, 0) is 55.4 Å². The maximum Gasteiger partial charge on any atom is 0.187 e. The Morgan fingerprint density at radius 3 is 1.18 bits per heavy atom. The van der Waals surface area contributed by atoms with Gasteiger partial charge in [-0.25, -0.2) is 0 Å². The molecule has 12 heteroatoms. The molecule has 0 aromatic carbocycles. The summed E-state index contributed by atoms with van der Waals surface area (Å²) in [6.07, 6.45) is -4.04. The molecular weight excluding hydrogens is 504 g/mol. The van der Waals surface area contributed by atoms with E-state index in [0.29, 0.717) is 13.2 Å². The van der Waals surface area contributed by atoms with Crippen molar-refractivity contribution in [1.29, 1.82) is 0 Å². The van der Waals surface area contributed by atoms with Crippen molar-refractivity contribution in [2.75, 3.05) is 26.4 Å². The molecule has 0 aromatic heterocycles. The highest BCUT2D eigenvalue weighted by Crippen LogP contribution is 2.44. The zero-order valence-electron chi connectivity index (χ0n) is 23.5. The second-order valence-electron chi connectivity index (χ2n) is 12.5. The highest BCUT2D eigenvalue weighted by atomic mass is 16.8. The van der Waals surface area contributed by atoms with Gasteiger partial charge in [0, 0.05) is 0 Å². The minimum Gasteiger partial charge on any atom is -0.348 e. The normalized spacial score (nSPS) is 48.0. The minimum absolute atomic E-state index is 0.250. The molecule has 6 fully saturated rings. The first kappa shape index (κ1) is 27.7. The van der Waals surface area contributed by atoms with E-state index >= 15 is 0 Å². The van der Waals surface area contributed by atoms with Gasteiger partial charge in [-0.2, -0.15) is 0 Å². The van der Waals surface area contributed by atoms with Gasteiger partial charge in [0.05, 0.1) is 26.4 Å². The van der Waals surface area contributed by atoms with Crippen molar-refractivity contribution >= 4 is 0 Å². The van der Waals surface area contributed by atoms with Crippen LogP contribution in [0, 0.1) is 0 Å². The third kappa shape index (κ3) is 5.40. The molecule has 218 valence electrons. The summed E-state index contributed by atoms with van der Waals surface area (Å²) in [5.74, 6) is -2.85. The molecule has 0 spiro atoms. The number of ether oxygens (including phenoxy) is 12. The lowest BCUT2D eigenvalue weighted by molar-refractivity contribution is -0.262. The number of rotatable bonds is 7. The molecular formula is C26H42O12. The zero-order valence-corrected chi connectivity index (χ0v) is 23.5. The van der Waals surface area contributed by atoms with Crippen LogP contribution < -0.4 is 0 Å². The van der Waals surface area contributed by atoms with Gasteiger partial charge in [-0.3, -0.25) is 0 Å². The summed E-state index contributed by atoms with van der Waals surface area (Å²) in [4.78, 5) is 0. The van der Waals surface area contributed by atoms with E-state index in [0.717, 1.165) is 0 Å². The maximum absolute atomic E-state index is 6.23. The van der Waals surface area contributed by atoms with Crippen LogP contribution in [0.2, 0.25) is 0 Å². The Bertz CT molecular complexity index is 806. The highest BCUT2D eigenvalue weighted by molar-refractivity contribution is 5.01. The molecule has 0 unspecified atom stereocenters. The van der Waals surface area contributed by atoms with Crippen molar-refractivity contribution in [3.8, 4) is 0 Å². The van der Waals surface area contributed by atoms with Crippen LogP contribution in [-0.4, -0.2) is 111 Å². The first-order chi connectivity index (χ1) is 17.7. The molecule has 0 radical (unpaired) electrons. The first-order valence-electron chi connectivity index (χ1n) is 13.6. The van der Waals surface area contributed by atoms with Crippen molar-refractivity contribution in [3.63, 3.8) is 0 Å². The SMILES string of the molecule is CC1(C)O[C@@H]2[C@H](O1)[C@@H](OCCO[C@H]1O[C@H]([C@H]3COC(C)(C)O3)[C@@H]3OC(C)(C)O[C@H]13)O[C@@H]2[C@H]1COC(C)(C)O1. The summed E-state index contributed by atoms with van der Waals surface area (Å²) in [5.41, 5.74) is 0. The standard InChI is InChI=1S/C26H42O12/c1-23(2)29-11-13(33-23)15-17-19(37-25(5,6)35-17)21(31-15)27-9-10-28-22-20-18(36-26(7,8)38-20)16(32-22)14-12-30-24(3,4)34-14/h13-22H,9-12H2,1-8H3/t13-,14-,15-,16-,17+,18+,19+,20+,21+,22+/m1/s1. The van der Waals surface area contributed by atoms with Gasteiger partial charge >= 0.3 is 0 Å². The second-order valence-corrected chi connectivity index (χ2v) is 12.5. The van der Waals surface area contributed by atoms with Crippen molar-refractivity contribution in [1.82, 2.24) is 0 Å². The summed E-state index contributed by atoms with van der Waals surface area (Å²) < 4.78 is 72.8. The van der Waals surface area contributed by atoms with E-state index in [-0.39, 0.29) is 49.8 Å². The van der Waals surface area contributed by atoms with Crippen molar-refractivity contribution < 1.29 is 56.8 Å². The van der Waals surface area contributed by atoms with Crippen molar-refractivity contribution in [2.45, 2.75) is 140 Å². The predicted molar refractivity (Wildman–Crippen MR) is 127 cm³/mol. The maximum atomic E-state index is 6.23. The molecule has 6 aliphatic rings. The molecule has 0 amide bonds. The Morgan fingerprint density at radius 1 is 0.474 bits per heavy atom. The lowest BCUT2D eigenvalue weighted by Crippen LogP contribution is -2.40. The molecule has 0 aliphatic carbocycles. The van der Waals surface area contributed by atoms with Crippen LogP contribution in [0.15, 0.2) is 0 Å². The van der Waals surface area contributed by atoms with Crippen molar-refractivity contribution in [3.05, 3.63) is 0 Å². The average molecular weight is 547 g/mol. The van der Waals surface area contributed by atoms with Crippen LogP contribution in [0.4, 0.5) is 0 Å². The van der Waals surface area contributed by atoms with Gasteiger partial charge in [-0.1, -0.05) is 0 Å². The Labute approximate surface area is 223 Å². The fourth-order valence-electron chi connectivity index (χ4n) is 6.13. The van der Waals surface area contributed by atoms with E-state index in [1.165, 1.54) is 0 Å². The summed E-state index contributed by atoms with van der Waals surface area (Å²) in [5, 5.41) is 0. The van der Waals surface area contributed by atoms with Crippen LogP contribution >= 0.6 is 0 Å². The fourth-order valence-corrected chi connectivity index (χ4v) is 6.13. The van der Waals surface area contributed by atoms with E-state index in [9.17, 15) is 0 Å². The molecule has 38 heavy (non-hydrogen) atoms. The van der Waals surface area contributed by atoms with Crippen LogP contribution in [0.1, 0.15) is 55.4 Å². The van der Waals surface area contributed by atoms with E-state index in [2.05, 4.69) is 0 Å². The third-order valence-corrected chi connectivity index (χ3v) is 7.54. The van der Waals surface area contributed by atoms with Crippen molar-refractivity contribution in [2.24, 2.45) is 0 Å². The molecule has 0 saturated carbocycles. The van der Waals surface area contributed by atoms with Crippen LogP contribution in [0.3, 0.4) is 0 Å². The molecule has 6 heterocycles. The Kier molecular flexibility index (Phi) is 6.94. The molecule has 10 atom stereocenters. The topological polar surface area (TPSA) is 111 Å². The monoisotopic (exact) mass is 546 g/mol. The van der Waals surface area contributed by atoms with E-state index < -0.39 is 47.9 Å². The molecule has 0 aromatic rings. The van der Waals surface area contributed by atoms with Gasteiger partial charge in [0.2, 0.25) is 0 Å². The van der Waals surface area contributed by atoms with Crippen LogP contribution in [0.25, 0.3) is 0 Å². The summed E-state index contributed by atoms with van der Waals surface area (Å²) in [7, 11) is 0.